The van der Waals surface area contributed by atoms with Crippen molar-refractivity contribution in [3.8, 4) is 0 Å². The van der Waals surface area contributed by atoms with Gasteiger partial charge in [-0.3, -0.25) is 0 Å². The van der Waals surface area contributed by atoms with Crippen LogP contribution in [0.2, 0.25) is 0 Å². The van der Waals surface area contributed by atoms with Crippen LogP contribution in [0.3, 0.4) is 0 Å². The van der Waals surface area contributed by atoms with Crippen molar-refractivity contribution in [3.63, 3.8) is 0 Å². The van der Waals surface area contributed by atoms with Gasteiger partial charge in [0, 0.05) is 13.1 Å². The van der Waals surface area contributed by atoms with Gasteiger partial charge in [-0.25, -0.2) is 0 Å². The lowest BCUT2D eigenvalue weighted by molar-refractivity contribution is -0.0858. The first-order chi connectivity index (χ1) is 5.68. The molecule has 0 bridgehead atoms. The Morgan fingerprint density at radius 3 is 2.75 bits per heavy atom. The molecule has 0 spiro atoms. The predicted octanol–water partition coefficient (Wildman–Crippen LogP) is 0.492. The maximum Gasteiger partial charge on any atom is 0.0931 e. The summed E-state index contributed by atoms with van der Waals surface area (Å²) < 4.78 is 5.84. The molecule has 0 aromatic carbocycles. The van der Waals surface area contributed by atoms with Crippen molar-refractivity contribution in [2.24, 2.45) is 5.73 Å². The summed E-state index contributed by atoms with van der Waals surface area (Å²) in [5.74, 6) is 0. The molecular weight excluding hydrogens is 152 g/mol. The number of hydrogen-bond acceptors (Lipinski definition) is 3. The van der Waals surface area contributed by atoms with E-state index in [0.717, 1.165) is 19.5 Å². The SMILES string of the molecule is CC(C)OC1(CN)CCCNC1. The minimum absolute atomic E-state index is 0.0909. The van der Waals surface area contributed by atoms with Crippen LogP contribution in [-0.4, -0.2) is 31.3 Å². The Morgan fingerprint density at radius 1 is 1.58 bits per heavy atom. The fourth-order valence-corrected chi connectivity index (χ4v) is 1.76. The summed E-state index contributed by atoms with van der Waals surface area (Å²) in [6.45, 7) is 6.75. The van der Waals surface area contributed by atoms with Crippen LogP contribution in [0.25, 0.3) is 0 Å². The van der Waals surface area contributed by atoms with Gasteiger partial charge in [0.05, 0.1) is 11.7 Å². The van der Waals surface area contributed by atoms with E-state index in [4.69, 9.17) is 10.5 Å². The molecule has 1 unspecified atom stereocenters. The van der Waals surface area contributed by atoms with Crippen LogP contribution in [0.5, 0.6) is 0 Å². The first-order valence-electron chi connectivity index (χ1n) is 4.77. The average Bonchev–Trinajstić information content (AvgIpc) is 2.05. The van der Waals surface area contributed by atoms with Crippen molar-refractivity contribution in [1.29, 1.82) is 0 Å². The number of nitrogens with two attached hydrogens (primary N) is 1. The molecule has 3 heteroatoms. The molecule has 12 heavy (non-hydrogen) atoms. The van der Waals surface area contributed by atoms with Crippen LogP contribution in [0.1, 0.15) is 26.7 Å². The van der Waals surface area contributed by atoms with Crippen LogP contribution in [0, 0.1) is 0 Å². The summed E-state index contributed by atoms with van der Waals surface area (Å²) in [7, 11) is 0. The van der Waals surface area contributed by atoms with Gasteiger partial charge in [-0.05, 0) is 33.2 Å². The molecule has 1 rings (SSSR count). The first kappa shape index (κ1) is 9.96. The normalized spacial score (nSPS) is 31.0. The first-order valence-corrected chi connectivity index (χ1v) is 4.77. The molecular formula is C9H20N2O. The molecule has 72 valence electrons. The molecule has 1 saturated heterocycles. The molecule has 3 N–H and O–H groups in total. The highest BCUT2D eigenvalue weighted by molar-refractivity contribution is 4.88. The van der Waals surface area contributed by atoms with Gasteiger partial charge < -0.3 is 15.8 Å². The van der Waals surface area contributed by atoms with Crippen LogP contribution >= 0.6 is 0 Å². The lowest BCUT2D eigenvalue weighted by Crippen LogP contribution is -2.53. The zero-order valence-corrected chi connectivity index (χ0v) is 8.10. The third kappa shape index (κ3) is 2.44. The van der Waals surface area contributed by atoms with Gasteiger partial charge in [-0.2, -0.15) is 0 Å². The zero-order chi connectivity index (χ0) is 9.03. The van der Waals surface area contributed by atoms with Gasteiger partial charge >= 0.3 is 0 Å². The number of ether oxygens (including phenoxy) is 1. The molecule has 0 amide bonds. The highest BCUT2D eigenvalue weighted by Crippen LogP contribution is 2.21. The molecule has 0 radical (unpaired) electrons. The molecule has 1 heterocycles. The van der Waals surface area contributed by atoms with E-state index in [1.54, 1.807) is 0 Å². The van der Waals surface area contributed by atoms with Gasteiger partial charge in [-0.15, -0.1) is 0 Å². The standard InChI is InChI=1S/C9H20N2O/c1-8(2)12-9(6-10)4-3-5-11-7-9/h8,11H,3-7,10H2,1-2H3. The highest BCUT2D eigenvalue weighted by atomic mass is 16.5. The number of piperidine rings is 1. The van der Waals surface area contributed by atoms with Crippen LogP contribution in [-0.2, 0) is 4.74 Å². The molecule has 0 saturated carbocycles. The van der Waals surface area contributed by atoms with Crippen LogP contribution in [0.15, 0.2) is 0 Å². The Morgan fingerprint density at radius 2 is 2.33 bits per heavy atom. The summed E-state index contributed by atoms with van der Waals surface area (Å²) >= 11 is 0. The van der Waals surface area contributed by atoms with E-state index >= 15 is 0 Å². The Hall–Kier alpha value is -0.120. The third-order valence-electron chi connectivity index (χ3n) is 2.29. The fourth-order valence-electron chi connectivity index (χ4n) is 1.76. The van der Waals surface area contributed by atoms with Crippen molar-refractivity contribution in [1.82, 2.24) is 5.32 Å². The minimum Gasteiger partial charge on any atom is -0.370 e. The van der Waals surface area contributed by atoms with Crippen molar-refractivity contribution < 1.29 is 4.74 Å². The van der Waals surface area contributed by atoms with Gasteiger partial charge in [0.15, 0.2) is 0 Å². The lowest BCUT2D eigenvalue weighted by atomic mass is 9.94. The summed E-state index contributed by atoms with van der Waals surface area (Å²) in [6, 6.07) is 0. The molecule has 0 aromatic rings. The van der Waals surface area contributed by atoms with Crippen LogP contribution in [0.4, 0.5) is 0 Å². The Labute approximate surface area is 74.7 Å². The smallest absolute Gasteiger partial charge is 0.0931 e. The second kappa shape index (κ2) is 4.21. The lowest BCUT2D eigenvalue weighted by Gasteiger charge is -2.38. The molecule has 1 atom stereocenters. The quantitative estimate of drug-likeness (QED) is 0.651. The monoisotopic (exact) mass is 172 g/mol. The second-order valence-electron chi connectivity index (χ2n) is 3.83. The third-order valence-corrected chi connectivity index (χ3v) is 2.29. The molecule has 1 aliphatic rings. The van der Waals surface area contributed by atoms with Gasteiger partial charge in [0.2, 0.25) is 0 Å². The number of nitrogens with one attached hydrogen (secondary N) is 1. The van der Waals surface area contributed by atoms with Crippen LogP contribution < -0.4 is 11.1 Å². The topological polar surface area (TPSA) is 47.3 Å². The summed E-state index contributed by atoms with van der Waals surface area (Å²) in [5.41, 5.74) is 5.63. The Kier molecular flexibility index (Phi) is 3.50. The molecule has 0 aromatic heterocycles. The predicted molar refractivity (Wildman–Crippen MR) is 50.1 cm³/mol. The minimum atomic E-state index is -0.0909. The van der Waals surface area contributed by atoms with Crippen molar-refractivity contribution in [3.05, 3.63) is 0 Å². The van der Waals surface area contributed by atoms with Crippen molar-refractivity contribution in [2.45, 2.75) is 38.4 Å². The summed E-state index contributed by atoms with van der Waals surface area (Å²) in [5, 5.41) is 3.33. The van der Waals surface area contributed by atoms with Gasteiger partial charge in [0.1, 0.15) is 0 Å². The molecule has 3 nitrogen and oxygen atoms in total. The van der Waals surface area contributed by atoms with E-state index in [1.165, 1.54) is 6.42 Å². The summed E-state index contributed by atoms with van der Waals surface area (Å²) in [4.78, 5) is 0. The fraction of sp³-hybridized carbons (Fsp3) is 1.00. The van der Waals surface area contributed by atoms with Gasteiger partial charge in [0.25, 0.3) is 0 Å². The second-order valence-corrected chi connectivity index (χ2v) is 3.83. The van der Waals surface area contributed by atoms with Crippen molar-refractivity contribution in [2.75, 3.05) is 19.6 Å². The molecule has 1 aliphatic heterocycles. The zero-order valence-electron chi connectivity index (χ0n) is 8.10. The largest absolute Gasteiger partial charge is 0.370 e. The van der Waals surface area contributed by atoms with E-state index in [-0.39, 0.29) is 11.7 Å². The average molecular weight is 172 g/mol. The Balaban J connectivity index is 2.48. The highest BCUT2D eigenvalue weighted by Gasteiger charge is 2.32. The Bertz CT molecular complexity index is 130. The number of rotatable bonds is 3. The number of hydrogen-bond donors (Lipinski definition) is 2. The van der Waals surface area contributed by atoms with E-state index in [2.05, 4.69) is 19.2 Å². The maximum absolute atomic E-state index is 5.84. The van der Waals surface area contributed by atoms with E-state index in [1.807, 2.05) is 0 Å². The van der Waals surface area contributed by atoms with Gasteiger partial charge in [-0.1, -0.05) is 0 Å². The summed E-state index contributed by atoms with van der Waals surface area (Å²) in [6.07, 6.45) is 2.53. The van der Waals surface area contributed by atoms with Crippen molar-refractivity contribution >= 4 is 0 Å². The van der Waals surface area contributed by atoms with E-state index < -0.39 is 0 Å². The maximum atomic E-state index is 5.84. The van der Waals surface area contributed by atoms with E-state index in [9.17, 15) is 0 Å². The molecule has 1 fully saturated rings. The van der Waals surface area contributed by atoms with E-state index in [0.29, 0.717) is 6.54 Å². The molecule has 0 aliphatic carbocycles.